The van der Waals surface area contributed by atoms with Gasteiger partial charge in [-0.1, -0.05) is 37.5 Å². The van der Waals surface area contributed by atoms with E-state index in [1.807, 2.05) is 36.4 Å². The smallest absolute Gasteiger partial charge is 0.294 e. The van der Waals surface area contributed by atoms with Crippen molar-refractivity contribution in [2.75, 3.05) is 17.2 Å². The second-order valence-electron chi connectivity index (χ2n) is 6.37. The summed E-state index contributed by atoms with van der Waals surface area (Å²) < 4.78 is 0. The van der Waals surface area contributed by atoms with Gasteiger partial charge in [0.25, 0.3) is 5.69 Å². The Balaban J connectivity index is 1.71. The standard InChI is InChI=1S/C19H23N3O2/c23-22(24)19-13-17(21-16-9-5-2-6-10-16)11-12-18(19)20-14-15-7-3-1-4-8-15/h2,5-6,9-13,15,20-21H,1,3-4,7-8,14H2. The molecule has 3 rings (SSSR count). The molecule has 0 heterocycles. The van der Waals surface area contributed by atoms with E-state index in [2.05, 4.69) is 10.6 Å². The number of hydrogen-bond acceptors (Lipinski definition) is 4. The van der Waals surface area contributed by atoms with Crippen molar-refractivity contribution in [1.82, 2.24) is 0 Å². The van der Waals surface area contributed by atoms with E-state index in [1.54, 1.807) is 12.1 Å². The molecule has 1 saturated carbocycles. The Morgan fingerprint density at radius 3 is 2.46 bits per heavy atom. The molecule has 1 fully saturated rings. The fourth-order valence-corrected chi connectivity index (χ4v) is 3.24. The first-order chi connectivity index (χ1) is 11.7. The fraction of sp³-hybridized carbons (Fsp3) is 0.368. The molecule has 0 spiro atoms. The van der Waals surface area contributed by atoms with Crippen LogP contribution >= 0.6 is 0 Å². The minimum Gasteiger partial charge on any atom is -0.379 e. The number of benzene rings is 2. The van der Waals surface area contributed by atoms with E-state index in [4.69, 9.17) is 0 Å². The van der Waals surface area contributed by atoms with Crippen LogP contribution in [-0.4, -0.2) is 11.5 Å². The maximum atomic E-state index is 11.4. The number of nitro benzene ring substituents is 1. The number of para-hydroxylation sites is 1. The van der Waals surface area contributed by atoms with Gasteiger partial charge < -0.3 is 10.6 Å². The van der Waals surface area contributed by atoms with Gasteiger partial charge in [-0.3, -0.25) is 10.1 Å². The second kappa shape index (κ2) is 7.81. The number of hydrogen-bond donors (Lipinski definition) is 2. The summed E-state index contributed by atoms with van der Waals surface area (Å²) in [6, 6.07) is 14.9. The van der Waals surface area contributed by atoms with Gasteiger partial charge in [-0.05, 0) is 43.0 Å². The molecule has 1 aliphatic rings. The number of nitrogens with one attached hydrogen (secondary N) is 2. The average Bonchev–Trinajstić information content (AvgIpc) is 2.62. The normalized spacial score (nSPS) is 15.0. The van der Waals surface area contributed by atoms with Crippen LogP contribution in [0.2, 0.25) is 0 Å². The number of rotatable bonds is 6. The molecule has 5 nitrogen and oxygen atoms in total. The molecule has 5 heteroatoms. The molecule has 2 aromatic carbocycles. The molecule has 0 aliphatic heterocycles. The molecule has 0 aromatic heterocycles. The first kappa shape index (κ1) is 16.3. The molecule has 0 atom stereocenters. The summed E-state index contributed by atoms with van der Waals surface area (Å²) in [4.78, 5) is 11.1. The first-order valence-corrected chi connectivity index (χ1v) is 8.57. The molecule has 0 amide bonds. The maximum absolute atomic E-state index is 11.4. The minimum absolute atomic E-state index is 0.117. The third-order valence-electron chi connectivity index (χ3n) is 4.56. The highest BCUT2D eigenvalue weighted by Crippen LogP contribution is 2.31. The summed E-state index contributed by atoms with van der Waals surface area (Å²) >= 11 is 0. The number of nitrogens with zero attached hydrogens (tertiary/aromatic N) is 1. The van der Waals surface area contributed by atoms with E-state index in [-0.39, 0.29) is 10.6 Å². The quantitative estimate of drug-likeness (QED) is 0.556. The molecule has 1 aliphatic carbocycles. The molecule has 0 unspecified atom stereocenters. The molecule has 2 aromatic rings. The van der Waals surface area contributed by atoms with Crippen molar-refractivity contribution in [3.63, 3.8) is 0 Å². The molecule has 0 radical (unpaired) electrons. The van der Waals surface area contributed by atoms with Crippen LogP contribution in [-0.2, 0) is 0 Å². The van der Waals surface area contributed by atoms with Gasteiger partial charge in [-0.15, -0.1) is 0 Å². The van der Waals surface area contributed by atoms with Crippen LogP contribution in [0, 0.1) is 16.0 Å². The van der Waals surface area contributed by atoms with E-state index >= 15 is 0 Å². The van der Waals surface area contributed by atoms with E-state index < -0.39 is 0 Å². The maximum Gasteiger partial charge on any atom is 0.294 e. The lowest BCUT2D eigenvalue weighted by molar-refractivity contribution is -0.383. The van der Waals surface area contributed by atoms with Crippen molar-refractivity contribution in [2.45, 2.75) is 32.1 Å². The van der Waals surface area contributed by atoms with Crippen LogP contribution in [0.25, 0.3) is 0 Å². The van der Waals surface area contributed by atoms with Crippen LogP contribution in [0.1, 0.15) is 32.1 Å². The van der Waals surface area contributed by atoms with E-state index in [0.717, 1.165) is 17.9 Å². The summed E-state index contributed by atoms with van der Waals surface area (Å²) in [5.74, 6) is 0.625. The Morgan fingerprint density at radius 1 is 1.00 bits per heavy atom. The molecule has 0 saturated heterocycles. The Labute approximate surface area is 142 Å². The lowest BCUT2D eigenvalue weighted by Crippen LogP contribution is -2.17. The predicted octanol–water partition coefficient (Wildman–Crippen LogP) is 5.33. The highest BCUT2D eigenvalue weighted by atomic mass is 16.6. The molecular formula is C19H23N3O2. The zero-order valence-corrected chi connectivity index (χ0v) is 13.7. The Kier molecular flexibility index (Phi) is 5.31. The van der Waals surface area contributed by atoms with Crippen molar-refractivity contribution in [3.05, 3.63) is 58.6 Å². The SMILES string of the molecule is O=[N+]([O-])c1cc(Nc2ccccc2)ccc1NCC1CCCCC1. The van der Waals surface area contributed by atoms with Gasteiger partial charge in [0.05, 0.1) is 4.92 Å². The zero-order valence-electron chi connectivity index (χ0n) is 13.7. The topological polar surface area (TPSA) is 67.2 Å². The van der Waals surface area contributed by atoms with Gasteiger partial charge in [0.1, 0.15) is 5.69 Å². The third kappa shape index (κ3) is 4.25. The zero-order chi connectivity index (χ0) is 16.8. The second-order valence-corrected chi connectivity index (χ2v) is 6.37. The number of anilines is 3. The molecule has 0 bridgehead atoms. The van der Waals surface area contributed by atoms with Gasteiger partial charge in [-0.2, -0.15) is 0 Å². The minimum atomic E-state index is -0.320. The van der Waals surface area contributed by atoms with Gasteiger partial charge in [0, 0.05) is 24.0 Å². The molecule has 2 N–H and O–H groups in total. The lowest BCUT2D eigenvalue weighted by Gasteiger charge is -2.22. The Morgan fingerprint density at radius 2 is 1.75 bits per heavy atom. The van der Waals surface area contributed by atoms with Gasteiger partial charge >= 0.3 is 0 Å². The van der Waals surface area contributed by atoms with Crippen molar-refractivity contribution >= 4 is 22.7 Å². The number of nitro groups is 1. The summed E-state index contributed by atoms with van der Waals surface area (Å²) in [7, 11) is 0. The largest absolute Gasteiger partial charge is 0.379 e. The van der Waals surface area contributed by atoms with E-state index in [0.29, 0.717) is 11.6 Å². The first-order valence-electron chi connectivity index (χ1n) is 8.57. The van der Waals surface area contributed by atoms with Gasteiger partial charge in [0.15, 0.2) is 0 Å². The summed E-state index contributed by atoms with van der Waals surface area (Å²) in [5, 5.41) is 17.9. The van der Waals surface area contributed by atoms with Crippen LogP contribution in [0.5, 0.6) is 0 Å². The summed E-state index contributed by atoms with van der Waals surface area (Å²) in [6.45, 7) is 0.812. The lowest BCUT2D eigenvalue weighted by atomic mass is 9.89. The van der Waals surface area contributed by atoms with E-state index in [1.165, 1.54) is 32.1 Å². The fourth-order valence-electron chi connectivity index (χ4n) is 3.24. The van der Waals surface area contributed by atoms with E-state index in [9.17, 15) is 10.1 Å². The molecule has 126 valence electrons. The van der Waals surface area contributed by atoms with Gasteiger partial charge in [0.2, 0.25) is 0 Å². The Hall–Kier alpha value is -2.56. The summed E-state index contributed by atoms with van der Waals surface area (Å²) in [6.07, 6.45) is 6.29. The monoisotopic (exact) mass is 325 g/mol. The van der Waals surface area contributed by atoms with Crippen molar-refractivity contribution in [1.29, 1.82) is 0 Å². The molecule has 24 heavy (non-hydrogen) atoms. The highest BCUT2D eigenvalue weighted by Gasteiger charge is 2.18. The third-order valence-corrected chi connectivity index (χ3v) is 4.56. The van der Waals surface area contributed by atoms with Crippen LogP contribution in [0.4, 0.5) is 22.7 Å². The van der Waals surface area contributed by atoms with Crippen LogP contribution in [0.3, 0.4) is 0 Å². The van der Waals surface area contributed by atoms with Crippen molar-refractivity contribution < 1.29 is 4.92 Å². The average molecular weight is 325 g/mol. The van der Waals surface area contributed by atoms with Crippen molar-refractivity contribution in [2.24, 2.45) is 5.92 Å². The molecular weight excluding hydrogens is 302 g/mol. The predicted molar refractivity (Wildman–Crippen MR) is 97.9 cm³/mol. The van der Waals surface area contributed by atoms with Crippen molar-refractivity contribution in [3.8, 4) is 0 Å². The highest BCUT2D eigenvalue weighted by molar-refractivity contribution is 5.71. The van der Waals surface area contributed by atoms with Crippen LogP contribution in [0.15, 0.2) is 48.5 Å². The van der Waals surface area contributed by atoms with Gasteiger partial charge in [-0.25, -0.2) is 0 Å². The summed E-state index contributed by atoms with van der Waals surface area (Å²) in [5.41, 5.74) is 2.35. The Bertz CT molecular complexity index is 682. The van der Waals surface area contributed by atoms with Crippen LogP contribution < -0.4 is 10.6 Å².